The van der Waals surface area contributed by atoms with Crippen LogP contribution in [0.2, 0.25) is 10.0 Å². The van der Waals surface area contributed by atoms with Gasteiger partial charge in [0.2, 0.25) is 5.91 Å². The summed E-state index contributed by atoms with van der Waals surface area (Å²) in [5.41, 5.74) is 4.41. The molecule has 0 aliphatic heterocycles. The Balaban J connectivity index is 1.76. The lowest BCUT2D eigenvalue weighted by Crippen LogP contribution is -2.09. The average molecular weight is 496 g/mol. The molecule has 1 N–H and O–H groups in total. The zero-order valence-corrected chi connectivity index (χ0v) is 20.5. The maximum Gasteiger partial charge on any atom is 0.248 e. The third kappa shape index (κ3) is 4.76. The number of nitrogens with one attached hydrogen (secondary N) is 1. The van der Waals surface area contributed by atoms with Gasteiger partial charge in [-0.05, 0) is 43.7 Å². The molecular formula is C27H23Cl2NO4. The molecule has 0 saturated carbocycles. The molecule has 0 unspecified atom stereocenters. The van der Waals surface area contributed by atoms with Gasteiger partial charge in [0.05, 0.1) is 35.7 Å². The molecule has 4 aromatic rings. The number of allylic oxidation sites excluding steroid dienone is 1. The van der Waals surface area contributed by atoms with Crippen LogP contribution in [0, 0.1) is 0 Å². The number of hydrogen-bond donors (Lipinski definition) is 1. The molecule has 0 aliphatic carbocycles. The van der Waals surface area contributed by atoms with Crippen molar-refractivity contribution in [1.82, 2.24) is 0 Å². The fraction of sp³-hybridized carbons (Fsp3) is 0.148. The summed E-state index contributed by atoms with van der Waals surface area (Å²) >= 11 is 12.3. The van der Waals surface area contributed by atoms with E-state index in [1.165, 1.54) is 6.08 Å². The number of furan rings is 1. The summed E-state index contributed by atoms with van der Waals surface area (Å²) in [6, 6.07) is 16.6. The van der Waals surface area contributed by atoms with Crippen LogP contribution in [0.25, 0.3) is 27.7 Å². The monoisotopic (exact) mass is 495 g/mol. The number of halogens is 2. The lowest BCUT2D eigenvalue weighted by Gasteiger charge is -2.12. The van der Waals surface area contributed by atoms with Gasteiger partial charge in [-0.15, -0.1) is 0 Å². The van der Waals surface area contributed by atoms with E-state index in [1.807, 2.05) is 50.2 Å². The Hall–Kier alpha value is -3.41. The number of anilines is 1. The van der Waals surface area contributed by atoms with Crippen LogP contribution < -0.4 is 14.8 Å². The highest BCUT2D eigenvalue weighted by Crippen LogP contribution is 2.40. The lowest BCUT2D eigenvalue weighted by atomic mass is 9.98. The largest absolute Gasteiger partial charge is 0.496 e. The normalized spacial score (nSPS) is 11.5. The van der Waals surface area contributed by atoms with E-state index in [2.05, 4.69) is 5.32 Å². The van der Waals surface area contributed by atoms with Crippen molar-refractivity contribution in [2.45, 2.75) is 13.8 Å². The number of methoxy groups -OCH3 is 1. The molecule has 0 saturated heterocycles. The van der Waals surface area contributed by atoms with Crippen LogP contribution in [0.3, 0.4) is 0 Å². The van der Waals surface area contributed by atoms with E-state index >= 15 is 0 Å². The highest BCUT2D eigenvalue weighted by atomic mass is 35.5. The van der Waals surface area contributed by atoms with Crippen LogP contribution >= 0.6 is 23.2 Å². The number of hydrogen-bond acceptors (Lipinski definition) is 4. The van der Waals surface area contributed by atoms with Crippen molar-refractivity contribution in [1.29, 1.82) is 0 Å². The molecule has 0 atom stereocenters. The van der Waals surface area contributed by atoms with Crippen LogP contribution in [-0.2, 0) is 4.79 Å². The first-order valence-corrected chi connectivity index (χ1v) is 11.4. The van der Waals surface area contributed by atoms with E-state index in [1.54, 1.807) is 31.6 Å². The molecule has 34 heavy (non-hydrogen) atoms. The maximum absolute atomic E-state index is 12.7. The Kier molecular flexibility index (Phi) is 7.15. The van der Waals surface area contributed by atoms with Gasteiger partial charge < -0.3 is 19.2 Å². The highest BCUT2D eigenvalue weighted by molar-refractivity contribution is 6.44. The second-order valence-electron chi connectivity index (χ2n) is 7.55. The third-order valence-corrected chi connectivity index (χ3v) is 6.17. The maximum atomic E-state index is 12.7. The molecule has 5 nitrogen and oxygen atoms in total. The van der Waals surface area contributed by atoms with Gasteiger partial charge in [-0.2, -0.15) is 0 Å². The zero-order valence-electron chi connectivity index (χ0n) is 18.9. The molecule has 1 aromatic heterocycles. The van der Waals surface area contributed by atoms with Crippen molar-refractivity contribution in [3.63, 3.8) is 0 Å². The van der Waals surface area contributed by atoms with Gasteiger partial charge in [-0.25, -0.2) is 0 Å². The standard InChI is InChI=1S/C27H23Cl2NO4/c1-4-33-24-14-25-19(20(15-34-25)17-8-5-6-11-23(17)32-3)13-18(24)16(2)12-26(31)30-22-10-7-9-21(28)27(22)29/h5-15H,4H2,1-3H3,(H,30,31)/b16-12+. The van der Waals surface area contributed by atoms with Gasteiger partial charge in [0.1, 0.15) is 17.1 Å². The van der Waals surface area contributed by atoms with E-state index in [0.29, 0.717) is 39.2 Å². The Bertz CT molecular complexity index is 1390. The molecule has 174 valence electrons. The summed E-state index contributed by atoms with van der Waals surface area (Å²) < 4.78 is 17.2. The third-order valence-electron chi connectivity index (χ3n) is 5.35. The van der Waals surface area contributed by atoms with Crippen LogP contribution in [0.1, 0.15) is 19.4 Å². The number of carbonyl (C=O) groups is 1. The van der Waals surface area contributed by atoms with Crippen LogP contribution in [-0.4, -0.2) is 19.6 Å². The summed E-state index contributed by atoms with van der Waals surface area (Å²) in [6.45, 7) is 4.23. The summed E-state index contributed by atoms with van der Waals surface area (Å²) in [5.74, 6) is 1.03. The molecule has 1 amide bonds. The van der Waals surface area contributed by atoms with Crippen molar-refractivity contribution >= 4 is 51.3 Å². The number of ether oxygens (including phenoxy) is 2. The minimum Gasteiger partial charge on any atom is -0.496 e. The van der Waals surface area contributed by atoms with E-state index in [9.17, 15) is 4.79 Å². The summed E-state index contributed by atoms with van der Waals surface area (Å²) in [5, 5.41) is 4.32. The van der Waals surface area contributed by atoms with Gasteiger partial charge in [0, 0.05) is 34.2 Å². The number of para-hydroxylation sites is 1. The average Bonchev–Trinajstić information content (AvgIpc) is 3.24. The van der Waals surface area contributed by atoms with Crippen LogP contribution in [0.5, 0.6) is 11.5 Å². The first-order chi connectivity index (χ1) is 16.4. The van der Waals surface area contributed by atoms with E-state index in [0.717, 1.165) is 27.8 Å². The van der Waals surface area contributed by atoms with Gasteiger partial charge in [-0.3, -0.25) is 4.79 Å². The molecule has 0 aliphatic rings. The Morgan fingerprint density at radius 2 is 1.85 bits per heavy atom. The van der Waals surface area contributed by atoms with E-state index < -0.39 is 0 Å². The summed E-state index contributed by atoms with van der Waals surface area (Å²) in [4.78, 5) is 12.7. The number of fused-ring (bicyclic) bond motifs is 1. The van der Waals surface area contributed by atoms with Gasteiger partial charge in [-0.1, -0.05) is 47.5 Å². The van der Waals surface area contributed by atoms with E-state index in [-0.39, 0.29) is 5.91 Å². The first-order valence-electron chi connectivity index (χ1n) is 10.7. The number of benzene rings is 3. The smallest absolute Gasteiger partial charge is 0.248 e. The fourth-order valence-corrected chi connectivity index (χ4v) is 4.11. The molecule has 0 radical (unpaired) electrons. The second-order valence-corrected chi connectivity index (χ2v) is 8.33. The molecule has 1 heterocycles. The molecule has 0 fully saturated rings. The minimum atomic E-state index is -0.332. The molecule has 4 rings (SSSR count). The predicted molar refractivity (Wildman–Crippen MR) is 138 cm³/mol. The Morgan fingerprint density at radius 1 is 1.06 bits per heavy atom. The number of rotatable bonds is 7. The molecule has 3 aromatic carbocycles. The molecular weight excluding hydrogens is 473 g/mol. The van der Waals surface area contributed by atoms with Crippen molar-refractivity contribution in [2.24, 2.45) is 0 Å². The van der Waals surface area contributed by atoms with Crippen molar-refractivity contribution < 1.29 is 18.7 Å². The number of carbonyl (C=O) groups excluding carboxylic acids is 1. The zero-order chi connectivity index (χ0) is 24.2. The lowest BCUT2D eigenvalue weighted by molar-refractivity contribution is -0.111. The van der Waals surface area contributed by atoms with Crippen molar-refractivity contribution in [2.75, 3.05) is 19.0 Å². The summed E-state index contributed by atoms with van der Waals surface area (Å²) in [7, 11) is 1.64. The second kappa shape index (κ2) is 10.2. The number of amides is 1. The van der Waals surface area contributed by atoms with Crippen molar-refractivity contribution in [3.8, 4) is 22.6 Å². The van der Waals surface area contributed by atoms with Crippen molar-refractivity contribution in [3.05, 3.63) is 82.5 Å². The summed E-state index contributed by atoms with van der Waals surface area (Å²) in [6.07, 6.45) is 3.21. The van der Waals surface area contributed by atoms with Gasteiger partial charge >= 0.3 is 0 Å². The quantitative estimate of drug-likeness (QED) is 0.265. The molecule has 0 bridgehead atoms. The Morgan fingerprint density at radius 3 is 2.62 bits per heavy atom. The topological polar surface area (TPSA) is 60.7 Å². The van der Waals surface area contributed by atoms with Crippen LogP contribution in [0.15, 0.2) is 71.4 Å². The first kappa shape index (κ1) is 23.7. The Labute approximate surface area is 207 Å². The fourth-order valence-electron chi connectivity index (χ4n) is 3.76. The minimum absolute atomic E-state index is 0.292. The molecule has 0 spiro atoms. The SMILES string of the molecule is CCOc1cc2occ(-c3ccccc3OC)c2cc1/C(C)=C/C(=O)Nc1cccc(Cl)c1Cl. The van der Waals surface area contributed by atoms with Gasteiger partial charge in [0.15, 0.2) is 0 Å². The molecule has 7 heteroatoms. The van der Waals surface area contributed by atoms with E-state index in [4.69, 9.17) is 37.1 Å². The highest BCUT2D eigenvalue weighted by Gasteiger charge is 2.17. The van der Waals surface area contributed by atoms with Crippen LogP contribution in [0.4, 0.5) is 5.69 Å². The predicted octanol–water partition coefficient (Wildman–Crippen LogP) is 7.86. The van der Waals surface area contributed by atoms with Gasteiger partial charge in [0.25, 0.3) is 0 Å².